The third-order valence-electron chi connectivity index (χ3n) is 4.81. The molecule has 0 unspecified atom stereocenters. The van der Waals surface area contributed by atoms with E-state index in [-0.39, 0.29) is 42.5 Å². The van der Waals surface area contributed by atoms with Crippen LogP contribution in [0.15, 0.2) is 39.9 Å². The molecule has 1 amide bonds. The molecule has 0 saturated heterocycles. The lowest BCUT2D eigenvalue weighted by atomic mass is 10.2. The van der Waals surface area contributed by atoms with Gasteiger partial charge in [-0.25, -0.2) is 13.2 Å². The average Bonchev–Trinajstić information content (AvgIpc) is 2.71. The van der Waals surface area contributed by atoms with Crippen molar-refractivity contribution in [1.82, 2.24) is 9.55 Å². The van der Waals surface area contributed by atoms with Crippen molar-refractivity contribution in [3.63, 3.8) is 0 Å². The number of carbonyl (C=O) groups is 1. The number of benzene rings is 1. The standard InChI is InChI=1S/C20H29N5O5S/c1-2-3-10-25-18(22)17(19(27)23-20(25)28)24(14-15-7-5-4-6-8-15)11-13-31(29,30)12-9-16(21)26/h4-8H,2-3,9-14,22H2,1H3,(H2,21,26)(H,23,27,28). The molecule has 1 aromatic heterocycles. The Morgan fingerprint density at radius 2 is 1.84 bits per heavy atom. The van der Waals surface area contributed by atoms with Gasteiger partial charge in [-0.05, 0) is 12.0 Å². The molecule has 10 nitrogen and oxygen atoms in total. The largest absolute Gasteiger partial charge is 0.383 e. The van der Waals surface area contributed by atoms with Crippen molar-refractivity contribution in [1.29, 1.82) is 0 Å². The lowest BCUT2D eigenvalue weighted by Gasteiger charge is -2.26. The zero-order chi connectivity index (χ0) is 23.0. The van der Waals surface area contributed by atoms with Crippen LogP contribution in [0.4, 0.5) is 11.5 Å². The Kier molecular flexibility index (Phi) is 8.43. The fourth-order valence-electron chi connectivity index (χ4n) is 3.10. The zero-order valence-electron chi connectivity index (χ0n) is 17.5. The van der Waals surface area contributed by atoms with Crippen molar-refractivity contribution in [3.05, 3.63) is 56.7 Å². The van der Waals surface area contributed by atoms with Crippen LogP contribution >= 0.6 is 0 Å². The highest BCUT2D eigenvalue weighted by Gasteiger charge is 2.22. The number of aromatic nitrogens is 2. The molecule has 0 spiro atoms. The molecule has 2 aromatic rings. The number of nitrogens with one attached hydrogen (secondary N) is 1. The van der Waals surface area contributed by atoms with Gasteiger partial charge in [-0.3, -0.25) is 19.1 Å². The molecule has 11 heteroatoms. The number of amides is 1. The van der Waals surface area contributed by atoms with E-state index >= 15 is 0 Å². The van der Waals surface area contributed by atoms with Gasteiger partial charge in [-0.15, -0.1) is 0 Å². The SMILES string of the molecule is CCCCn1c(N)c(N(CCS(=O)(=O)CCC(N)=O)Cc2ccccc2)c(=O)[nH]c1=O. The summed E-state index contributed by atoms with van der Waals surface area (Å²) in [6, 6.07) is 9.17. The van der Waals surface area contributed by atoms with Crippen LogP contribution in [0.5, 0.6) is 0 Å². The van der Waals surface area contributed by atoms with Gasteiger partial charge in [0.05, 0.1) is 11.5 Å². The highest BCUT2D eigenvalue weighted by atomic mass is 32.2. The van der Waals surface area contributed by atoms with Gasteiger partial charge >= 0.3 is 5.69 Å². The van der Waals surface area contributed by atoms with Gasteiger partial charge in [0.25, 0.3) is 5.56 Å². The van der Waals surface area contributed by atoms with Gasteiger partial charge in [-0.2, -0.15) is 0 Å². The molecule has 0 aliphatic rings. The number of rotatable bonds is 12. The summed E-state index contributed by atoms with van der Waals surface area (Å²) in [6.45, 7) is 2.47. The summed E-state index contributed by atoms with van der Waals surface area (Å²) < 4.78 is 26.0. The van der Waals surface area contributed by atoms with Crippen molar-refractivity contribution in [2.24, 2.45) is 5.73 Å². The molecule has 0 radical (unpaired) electrons. The number of anilines is 2. The van der Waals surface area contributed by atoms with E-state index < -0.39 is 27.0 Å². The van der Waals surface area contributed by atoms with Crippen molar-refractivity contribution in [2.75, 3.05) is 28.7 Å². The van der Waals surface area contributed by atoms with E-state index in [4.69, 9.17) is 11.5 Å². The van der Waals surface area contributed by atoms with E-state index in [0.29, 0.717) is 13.0 Å². The summed E-state index contributed by atoms with van der Waals surface area (Å²) in [6.07, 6.45) is 1.24. The van der Waals surface area contributed by atoms with Crippen molar-refractivity contribution < 1.29 is 13.2 Å². The Labute approximate surface area is 180 Å². The Hall–Kier alpha value is -3.08. The van der Waals surface area contributed by atoms with E-state index in [0.717, 1.165) is 12.0 Å². The fourth-order valence-corrected chi connectivity index (χ4v) is 4.32. The molecule has 1 aromatic carbocycles. The molecular weight excluding hydrogens is 422 g/mol. The predicted molar refractivity (Wildman–Crippen MR) is 121 cm³/mol. The number of hydrogen-bond donors (Lipinski definition) is 3. The topological polar surface area (TPSA) is 161 Å². The van der Waals surface area contributed by atoms with Gasteiger partial charge < -0.3 is 16.4 Å². The van der Waals surface area contributed by atoms with Crippen LogP contribution in [-0.4, -0.2) is 41.9 Å². The molecule has 0 aliphatic heterocycles. The van der Waals surface area contributed by atoms with E-state index in [2.05, 4.69) is 4.98 Å². The predicted octanol–water partition coefficient (Wildman–Crippen LogP) is 0.216. The Bertz CT molecular complexity index is 1110. The van der Waals surface area contributed by atoms with Crippen molar-refractivity contribution >= 4 is 27.2 Å². The van der Waals surface area contributed by atoms with Crippen LogP contribution in [0.1, 0.15) is 31.7 Å². The Morgan fingerprint density at radius 3 is 2.45 bits per heavy atom. The summed E-state index contributed by atoms with van der Waals surface area (Å²) in [5, 5.41) is 0. The normalized spacial score (nSPS) is 11.4. The number of unbranched alkanes of at least 4 members (excludes halogenated alkanes) is 1. The summed E-state index contributed by atoms with van der Waals surface area (Å²) >= 11 is 0. The lowest BCUT2D eigenvalue weighted by molar-refractivity contribution is -0.117. The second-order valence-electron chi connectivity index (χ2n) is 7.27. The quantitative estimate of drug-likeness (QED) is 0.416. The second-order valence-corrected chi connectivity index (χ2v) is 9.58. The number of sulfone groups is 1. The minimum atomic E-state index is -3.59. The number of aromatic amines is 1. The third-order valence-corrected chi connectivity index (χ3v) is 6.44. The summed E-state index contributed by atoms with van der Waals surface area (Å²) in [4.78, 5) is 39.7. The number of nitrogen functional groups attached to an aromatic ring is 1. The van der Waals surface area contributed by atoms with Gasteiger partial charge in [0.2, 0.25) is 5.91 Å². The number of hydrogen-bond acceptors (Lipinski definition) is 7. The number of H-pyrrole nitrogens is 1. The Balaban J connectivity index is 2.42. The van der Waals surface area contributed by atoms with Gasteiger partial charge in [-0.1, -0.05) is 43.7 Å². The summed E-state index contributed by atoms with van der Waals surface area (Å²) in [5.41, 5.74) is 10.9. The van der Waals surface area contributed by atoms with Crippen LogP contribution in [0.2, 0.25) is 0 Å². The minimum Gasteiger partial charge on any atom is -0.383 e. The van der Waals surface area contributed by atoms with E-state index in [1.807, 2.05) is 37.3 Å². The molecule has 170 valence electrons. The summed E-state index contributed by atoms with van der Waals surface area (Å²) in [5.74, 6) is -1.38. The van der Waals surface area contributed by atoms with E-state index in [1.165, 1.54) is 4.57 Å². The first-order valence-electron chi connectivity index (χ1n) is 10.0. The van der Waals surface area contributed by atoms with Gasteiger partial charge in [0.1, 0.15) is 11.5 Å². The molecule has 0 bridgehead atoms. The monoisotopic (exact) mass is 451 g/mol. The highest BCUT2D eigenvalue weighted by molar-refractivity contribution is 7.91. The number of carbonyl (C=O) groups excluding carboxylic acids is 1. The van der Waals surface area contributed by atoms with Crippen molar-refractivity contribution in [3.8, 4) is 0 Å². The molecule has 0 saturated carbocycles. The first-order chi connectivity index (χ1) is 14.6. The molecule has 0 fully saturated rings. The van der Waals surface area contributed by atoms with Crippen LogP contribution in [0.3, 0.4) is 0 Å². The number of primary amides is 1. The van der Waals surface area contributed by atoms with Gasteiger partial charge in [0, 0.05) is 26.1 Å². The number of nitrogens with two attached hydrogens (primary N) is 2. The smallest absolute Gasteiger partial charge is 0.330 e. The maximum absolute atomic E-state index is 12.7. The van der Waals surface area contributed by atoms with Crippen LogP contribution in [0, 0.1) is 0 Å². The second kappa shape index (κ2) is 10.8. The third kappa shape index (κ3) is 6.99. The molecule has 31 heavy (non-hydrogen) atoms. The number of nitrogens with zero attached hydrogens (tertiary/aromatic N) is 2. The van der Waals surface area contributed by atoms with E-state index in [9.17, 15) is 22.8 Å². The zero-order valence-corrected chi connectivity index (χ0v) is 18.4. The van der Waals surface area contributed by atoms with Crippen LogP contribution in [0.25, 0.3) is 0 Å². The minimum absolute atomic E-state index is 0.00679. The molecule has 5 N–H and O–H groups in total. The fraction of sp³-hybridized carbons (Fsp3) is 0.450. The molecule has 2 rings (SSSR count). The highest BCUT2D eigenvalue weighted by Crippen LogP contribution is 2.20. The molecule has 1 heterocycles. The Morgan fingerprint density at radius 1 is 1.16 bits per heavy atom. The molecular formula is C20H29N5O5S. The first-order valence-corrected chi connectivity index (χ1v) is 11.9. The maximum Gasteiger partial charge on any atom is 0.330 e. The van der Waals surface area contributed by atoms with Crippen molar-refractivity contribution in [2.45, 2.75) is 39.3 Å². The lowest BCUT2D eigenvalue weighted by Crippen LogP contribution is -2.40. The maximum atomic E-state index is 12.7. The summed E-state index contributed by atoms with van der Waals surface area (Å²) in [7, 11) is -3.59. The first kappa shape index (κ1) is 24.2. The molecule has 0 atom stereocenters. The van der Waals surface area contributed by atoms with Gasteiger partial charge in [0.15, 0.2) is 9.84 Å². The van der Waals surface area contributed by atoms with Crippen LogP contribution < -0.4 is 27.6 Å². The van der Waals surface area contributed by atoms with Crippen LogP contribution in [-0.2, 0) is 27.7 Å². The molecule has 0 aliphatic carbocycles. The van der Waals surface area contributed by atoms with E-state index in [1.54, 1.807) is 4.90 Å². The average molecular weight is 452 g/mol.